The van der Waals surface area contributed by atoms with E-state index in [9.17, 15) is 28.8 Å². The Morgan fingerprint density at radius 2 is 0.500 bits per heavy atom. The summed E-state index contributed by atoms with van der Waals surface area (Å²) in [6.45, 7) is 0. The minimum absolute atomic E-state index is 0.451. The van der Waals surface area contributed by atoms with E-state index in [0.29, 0.717) is 0 Å². The number of rotatable bonds is 6. The summed E-state index contributed by atoms with van der Waals surface area (Å²) in [4.78, 5) is 0. The predicted molar refractivity (Wildman–Crippen MR) is 383 cm³/mol. The van der Waals surface area contributed by atoms with Gasteiger partial charge in [0.15, 0.2) is 0 Å². The quantitative estimate of drug-likeness (QED) is 0.155. The second-order valence-corrected chi connectivity index (χ2v) is 19.5. The maximum absolute atomic E-state index is 9.62. The lowest BCUT2D eigenvalue weighted by atomic mass is 9.83. The molecule has 19 rings (SSSR count). The molecule has 0 aliphatic carbocycles. The fraction of sp³-hybridized carbons (Fsp3) is 0. The van der Waals surface area contributed by atoms with Crippen molar-refractivity contribution in [1.82, 2.24) is 0 Å². The first kappa shape index (κ1) is 20.9. The SMILES string of the molecule is [2H]c1c([2H])c(-c2c3c([2H])c([2H])c([2H])c([2H])c3c(-c3c([2H])c([2H])c4c([2H])c([2H])c([2H])c([2H])c4c3[2H])c3c([2H])c([2H])c([2H])c([2H])c23)c2c(oc3c([2H])c4c([2H])c([2H])c([2H])c([2H])c4c([2H])c32)c1[2H].[2H]c1c([2H])c([2H])c(-c2c([2H])c([2H])c(-c3c([2H])c([2H])c([2H])c([2H])c3-c3c4c([2H])c([2H])c([2H])c([2H])c4c(-c4c([2H])c([2H])c([2H])c5oc6c([2H])c7c([2H])c([2H])c([2H])c([2H])c7c([2H])c6c45)c4c([2H])c([2H])c([2H])c([2H])c34)c([2H])c2[2H])c([2H])c1[2H]. The molecule has 0 saturated heterocycles. The molecule has 0 radical (unpaired) electrons. The van der Waals surface area contributed by atoms with E-state index in [4.69, 9.17) is 54.1 Å². The van der Waals surface area contributed by atoms with Crippen molar-refractivity contribution in [3.63, 3.8) is 0 Å². The van der Waals surface area contributed by atoms with Crippen molar-refractivity contribution in [1.29, 1.82) is 0 Å². The second-order valence-electron chi connectivity index (χ2n) is 19.5. The highest BCUT2D eigenvalue weighted by Crippen LogP contribution is 2.51. The monoisotopic (exact) mass is 1200 g/mol. The Kier molecular flexibility index (Phi) is 4.87. The van der Waals surface area contributed by atoms with Crippen LogP contribution in [0.5, 0.6) is 0 Å². The molecule has 90 heavy (non-hydrogen) atoms. The van der Waals surface area contributed by atoms with Crippen LogP contribution in [-0.2, 0) is 0 Å². The summed E-state index contributed by atoms with van der Waals surface area (Å²) < 4.78 is 497. The van der Waals surface area contributed by atoms with Gasteiger partial charge < -0.3 is 8.83 Å². The van der Waals surface area contributed by atoms with Crippen molar-refractivity contribution in [2.24, 2.45) is 0 Å². The van der Waals surface area contributed by atoms with Crippen LogP contribution in [0.3, 0.4) is 0 Å². The van der Waals surface area contributed by atoms with Crippen molar-refractivity contribution in [3.8, 4) is 66.8 Å². The largest absolute Gasteiger partial charge is 0.456 e. The van der Waals surface area contributed by atoms with Crippen LogP contribution in [0.1, 0.15) is 74.0 Å². The van der Waals surface area contributed by atoms with Crippen molar-refractivity contribution in [2.75, 3.05) is 0 Å². The summed E-state index contributed by atoms with van der Waals surface area (Å²) in [6, 6.07) is -50.1. The first-order valence-corrected chi connectivity index (χ1v) is 26.6. The summed E-state index contributed by atoms with van der Waals surface area (Å²) in [6.07, 6.45) is 0. The van der Waals surface area contributed by atoms with Gasteiger partial charge in [-0.2, -0.15) is 0 Å². The first-order chi connectivity index (χ1) is 67.1. The Morgan fingerprint density at radius 1 is 0.178 bits per heavy atom. The van der Waals surface area contributed by atoms with Crippen LogP contribution in [0.2, 0.25) is 0 Å². The second kappa shape index (κ2) is 21.0. The number of hydrogen-bond acceptors (Lipinski definition) is 2. The minimum atomic E-state index is -1.15. The number of fused-ring (bicyclic) bond motifs is 13. The predicted octanol–water partition coefficient (Wildman–Crippen LogP) is 25.2. The van der Waals surface area contributed by atoms with E-state index in [-0.39, 0.29) is 0 Å². The number of benzene rings is 17. The molecule has 0 spiro atoms. The normalized spacial score (nSPS) is 20.2. The zero-order valence-corrected chi connectivity index (χ0v) is 44.8. The average Bonchev–Trinajstić information content (AvgIpc) is 1.27. The fourth-order valence-electron chi connectivity index (χ4n) is 11.0. The smallest absolute Gasteiger partial charge is 0.136 e. The summed E-state index contributed by atoms with van der Waals surface area (Å²) in [5.41, 5.74) is -12.0. The van der Waals surface area contributed by atoms with Gasteiger partial charge in [-0.15, -0.1) is 0 Å². The topological polar surface area (TPSA) is 26.3 Å². The van der Waals surface area contributed by atoms with Crippen molar-refractivity contribution < 1.29 is 82.9 Å². The highest BCUT2D eigenvalue weighted by molar-refractivity contribution is 6.28. The third kappa shape index (κ3) is 8.34. The highest BCUT2D eigenvalue weighted by atomic mass is 16.3. The molecular weight excluding hydrogens is 1090 g/mol. The third-order valence-corrected chi connectivity index (χ3v) is 14.7. The molecule has 0 atom stereocenters. The van der Waals surface area contributed by atoms with E-state index < -0.39 is 512 Å². The zero-order valence-electron chi connectivity index (χ0n) is 98.8. The molecular formula is C88H54O2. The average molecular weight is 1200 g/mol. The molecule has 2 heterocycles. The molecule has 2 aromatic heterocycles. The van der Waals surface area contributed by atoms with E-state index >= 15 is 0 Å². The van der Waals surface area contributed by atoms with Crippen LogP contribution < -0.4 is 0 Å². The highest BCUT2D eigenvalue weighted by Gasteiger charge is 2.24. The fourth-order valence-corrected chi connectivity index (χ4v) is 11.0. The van der Waals surface area contributed by atoms with E-state index in [1.165, 1.54) is 0 Å². The lowest BCUT2D eigenvalue weighted by Crippen LogP contribution is -1.93. The minimum Gasteiger partial charge on any atom is -0.456 e. The zero-order chi connectivity index (χ0) is 106. The van der Waals surface area contributed by atoms with Crippen LogP contribution in [0.4, 0.5) is 0 Å². The summed E-state index contributed by atoms with van der Waals surface area (Å²) in [7, 11) is 0. The Balaban J connectivity index is 0.000000193. The van der Waals surface area contributed by atoms with Gasteiger partial charge in [0, 0.05) is 21.5 Å². The molecule has 2 nitrogen and oxygen atoms in total. The van der Waals surface area contributed by atoms with Gasteiger partial charge in [-0.05, 0) is 184 Å². The molecule has 0 aliphatic heterocycles. The van der Waals surface area contributed by atoms with Gasteiger partial charge in [-0.1, -0.05) is 284 Å². The number of furan rings is 2. The van der Waals surface area contributed by atoms with E-state index in [1.807, 2.05) is 0 Å². The Bertz CT molecular complexity index is 9260. The Morgan fingerprint density at radius 3 is 0.967 bits per heavy atom. The molecule has 0 fully saturated rings. The van der Waals surface area contributed by atoms with Crippen molar-refractivity contribution in [3.05, 3.63) is 326 Å². The van der Waals surface area contributed by atoms with Crippen LogP contribution >= 0.6 is 0 Å². The maximum Gasteiger partial charge on any atom is 0.136 e. The maximum atomic E-state index is 9.62. The lowest BCUT2D eigenvalue weighted by Gasteiger charge is -2.20. The van der Waals surface area contributed by atoms with Gasteiger partial charge in [-0.25, -0.2) is 0 Å². The molecule has 17 aromatic carbocycles. The lowest BCUT2D eigenvalue weighted by molar-refractivity contribution is 0.669. The van der Waals surface area contributed by atoms with Crippen LogP contribution in [0.15, 0.2) is 335 Å². The molecule has 0 N–H and O–H groups in total. The van der Waals surface area contributed by atoms with Crippen LogP contribution in [0, 0.1) is 0 Å². The van der Waals surface area contributed by atoms with Crippen LogP contribution in [0.25, 0.3) is 186 Å². The van der Waals surface area contributed by atoms with Crippen molar-refractivity contribution in [2.45, 2.75) is 0 Å². The van der Waals surface area contributed by atoms with Crippen molar-refractivity contribution >= 4 is 119 Å². The Hall–Kier alpha value is -11.8. The van der Waals surface area contributed by atoms with E-state index in [0.717, 1.165) is 0 Å². The van der Waals surface area contributed by atoms with E-state index in [2.05, 4.69) is 0 Å². The molecule has 2 heteroatoms. The number of hydrogen-bond donors (Lipinski definition) is 0. The summed E-state index contributed by atoms with van der Waals surface area (Å²) in [5, 5.41) is -11.2. The summed E-state index contributed by atoms with van der Waals surface area (Å²) >= 11 is 0. The Labute approximate surface area is 595 Å². The third-order valence-electron chi connectivity index (χ3n) is 14.7. The van der Waals surface area contributed by atoms with Gasteiger partial charge in [0.2, 0.25) is 0 Å². The molecule has 0 bridgehead atoms. The van der Waals surface area contributed by atoms with Crippen LogP contribution in [-0.4, -0.2) is 0 Å². The van der Waals surface area contributed by atoms with Gasteiger partial charge in [0.05, 0.1) is 74.0 Å². The molecule has 0 amide bonds. The molecule has 0 unspecified atom stereocenters. The molecule has 0 aliphatic rings. The van der Waals surface area contributed by atoms with Gasteiger partial charge in [0.1, 0.15) is 22.3 Å². The van der Waals surface area contributed by atoms with Gasteiger partial charge in [0.25, 0.3) is 0 Å². The van der Waals surface area contributed by atoms with E-state index in [1.54, 1.807) is 0 Å². The van der Waals surface area contributed by atoms with Gasteiger partial charge >= 0.3 is 0 Å². The molecule has 0 saturated carbocycles. The molecule has 418 valence electrons. The molecule has 19 aromatic rings. The van der Waals surface area contributed by atoms with Gasteiger partial charge in [-0.3, -0.25) is 0 Å². The first-order valence-electron chi connectivity index (χ1n) is 53.6. The standard InChI is InChI=1S/C48H30O.C40H24O/c1-2-13-31(14-3-1)32-25-27-33(28-26-32)36-17-6-7-18-37(36)46-38-19-8-10-21-40(38)47(41-22-11-9-20-39(41)46)42-23-12-24-44-48(42)43-29-34-15-4-5-16-35(34)30-45(43)49-44;1-2-11-26-22-29(21-20-25(26)10-1)38-30-14-5-7-16-32(30)39(33-17-8-6-15-31(33)38)34-18-9-19-36-40(34)35-23-27-12-3-4-13-28(27)24-37(35)41-36/h1-30H;1-24H/i1D,2D,3D,4D,5D,6D,7D,8D,9D,10D,11D,12D,13D,14D,15D,16D,17D,18D,19D,20D,21D,22D,23D,24D,25D,26D,27D,28D,29D,30D;1D,2D,3D,4D,5D,6D,7D,8D,9D,10D,11D,12D,13D,14D,15D,16D,17D,18D,19D,20D,21D,22D,23D,24D. The summed E-state index contributed by atoms with van der Waals surface area (Å²) in [5.74, 6) is 0.